The third-order valence-electron chi connectivity index (χ3n) is 4.53. The van der Waals surface area contributed by atoms with E-state index in [4.69, 9.17) is 10.5 Å². The van der Waals surface area contributed by atoms with Crippen molar-refractivity contribution in [3.8, 4) is 0 Å². The van der Waals surface area contributed by atoms with Crippen molar-refractivity contribution < 1.29 is 24.2 Å². The number of likely N-dealkylation sites (tertiary alicyclic amines) is 1. The SMILES string of the molecule is CCOC(=O)N1CCC(N)(C2=Nc3ccccc3C(=O)C2C(=O)O)C1. The number of benzene rings is 1. The number of nitrogens with zero attached hydrogens (tertiary/aromatic N) is 2. The summed E-state index contributed by atoms with van der Waals surface area (Å²) in [6.07, 6.45) is -0.200. The molecular formula is C17H19N3O5. The van der Waals surface area contributed by atoms with Crippen molar-refractivity contribution in [2.75, 3.05) is 19.7 Å². The molecule has 0 spiro atoms. The number of nitrogens with two attached hydrogens (primary N) is 1. The largest absolute Gasteiger partial charge is 0.480 e. The molecule has 1 aromatic carbocycles. The molecule has 2 atom stereocenters. The molecule has 2 aliphatic heterocycles. The average molecular weight is 345 g/mol. The van der Waals surface area contributed by atoms with Crippen LogP contribution in [-0.2, 0) is 9.53 Å². The minimum atomic E-state index is -1.44. The highest BCUT2D eigenvalue weighted by Crippen LogP contribution is 2.34. The number of para-hydroxylation sites is 1. The maximum Gasteiger partial charge on any atom is 0.409 e. The molecule has 3 N–H and O–H groups in total. The molecule has 8 heteroatoms. The molecule has 25 heavy (non-hydrogen) atoms. The van der Waals surface area contributed by atoms with E-state index in [0.717, 1.165) is 0 Å². The standard InChI is InChI=1S/C17H19N3O5/c1-2-25-16(24)20-8-7-17(18,9-20)14-12(15(22)23)13(21)10-5-3-4-6-11(10)19-14/h3-6,12H,2,7-9,18H2,1H3,(H,22,23). The van der Waals surface area contributed by atoms with Crippen LogP contribution in [0.1, 0.15) is 23.7 Å². The summed E-state index contributed by atoms with van der Waals surface area (Å²) < 4.78 is 4.97. The van der Waals surface area contributed by atoms with Gasteiger partial charge in [0.1, 0.15) is 0 Å². The van der Waals surface area contributed by atoms with Gasteiger partial charge in [0.15, 0.2) is 11.7 Å². The summed E-state index contributed by atoms with van der Waals surface area (Å²) in [5.41, 5.74) is 5.99. The lowest BCUT2D eigenvalue weighted by molar-refractivity contribution is -0.138. The molecule has 132 valence electrons. The van der Waals surface area contributed by atoms with Crippen molar-refractivity contribution in [3.05, 3.63) is 29.8 Å². The van der Waals surface area contributed by atoms with E-state index in [2.05, 4.69) is 4.99 Å². The fourth-order valence-corrected chi connectivity index (χ4v) is 3.29. The Hall–Kier alpha value is -2.74. The fraction of sp³-hybridized carbons (Fsp3) is 0.412. The lowest BCUT2D eigenvalue weighted by atomic mass is 9.79. The van der Waals surface area contributed by atoms with Crippen LogP contribution in [0.5, 0.6) is 0 Å². The van der Waals surface area contributed by atoms with Gasteiger partial charge >= 0.3 is 12.1 Å². The zero-order valence-electron chi connectivity index (χ0n) is 13.8. The number of carbonyl (C=O) groups is 3. The number of hydrogen-bond acceptors (Lipinski definition) is 6. The molecule has 2 heterocycles. The van der Waals surface area contributed by atoms with E-state index in [1.165, 1.54) is 4.90 Å². The van der Waals surface area contributed by atoms with E-state index >= 15 is 0 Å². The van der Waals surface area contributed by atoms with Crippen LogP contribution in [0.3, 0.4) is 0 Å². The van der Waals surface area contributed by atoms with E-state index in [-0.39, 0.29) is 24.4 Å². The van der Waals surface area contributed by atoms with E-state index in [1.54, 1.807) is 31.2 Å². The Morgan fingerprint density at radius 2 is 2.16 bits per heavy atom. The topological polar surface area (TPSA) is 122 Å². The summed E-state index contributed by atoms with van der Waals surface area (Å²) >= 11 is 0. The molecule has 0 saturated carbocycles. The van der Waals surface area contributed by atoms with Gasteiger partial charge in [-0.25, -0.2) is 4.79 Å². The van der Waals surface area contributed by atoms with E-state index in [1.807, 2.05) is 0 Å². The maximum absolute atomic E-state index is 12.7. The van der Waals surface area contributed by atoms with Gasteiger partial charge in [-0.2, -0.15) is 0 Å². The zero-order chi connectivity index (χ0) is 18.2. The van der Waals surface area contributed by atoms with Crippen LogP contribution in [0.15, 0.2) is 29.3 Å². The Labute approximate surface area is 144 Å². The van der Waals surface area contributed by atoms with Crippen molar-refractivity contribution >= 4 is 29.2 Å². The molecule has 1 saturated heterocycles. The number of hydrogen-bond donors (Lipinski definition) is 2. The summed E-state index contributed by atoms with van der Waals surface area (Å²) in [5, 5.41) is 9.58. The monoisotopic (exact) mass is 345 g/mol. The van der Waals surface area contributed by atoms with Gasteiger partial charge in [0.05, 0.1) is 23.5 Å². The second kappa shape index (κ2) is 6.29. The molecular weight excluding hydrogens is 326 g/mol. The van der Waals surface area contributed by atoms with Gasteiger partial charge in [-0.15, -0.1) is 0 Å². The summed E-state index contributed by atoms with van der Waals surface area (Å²) in [7, 11) is 0. The number of Topliss-reactive ketones (excluding diaryl/α,β-unsaturated/α-hetero) is 1. The molecule has 2 unspecified atom stereocenters. The third-order valence-corrected chi connectivity index (χ3v) is 4.53. The van der Waals surface area contributed by atoms with Gasteiger partial charge in [0, 0.05) is 18.7 Å². The van der Waals surface area contributed by atoms with Crippen molar-refractivity contribution in [2.24, 2.45) is 16.6 Å². The zero-order valence-corrected chi connectivity index (χ0v) is 13.8. The molecule has 0 bridgehead atoms. The number of carbonyl (C=O) groups excluding carboxylic acids is 2. The Morgan fingerprint density at radius 3 is 2.84 bits per heavy atom. The Morgan fingerprint density at radius 1 is 1.44 bits per heavy atom. The van der Waals surface area contributed by atoms with E-state index < -0.39 is 29.3 Å². The van der Waals surface area contributed by atoms with Crippen molar-refractivity contribution in [2.45, 2.75) is 18.9 Å². The highest BCUT2D eigenvalue weighted by Gasteiger charge is 2.50. The van der Waals surface area contributed by atoms with E-state index in [9.17, 15) is 19.5 Å². The fourth-order valence-electron chi connectivity index (χ4n) is 3.29. The molecule has 2 aliphatic rings. The third kappa shape index (κ3) is 2.89. The van der Waals surface area contributed by atoms with Gasteiger partial charge < -0.3 is 20.5 Å². The second-order valence-corrected chi connectivity index (χ2v) is 6.18. The van der Waals surface area contributed by atoms with Crippen molar-refractivity contribution in [1.82, 2.24) is 4.90 Å². The molecule has 1 amide bonds. The molecule has 0 aromatic heterocycles. The first-order chi connectivity index (χ1) is 11.9. The Kier molecular flexibility index (Phi) is 4.30. The molecule has 0 aliphatic carbocycles. The number of carboxylic acid groups (broad SMARTS) is 1. The number of fused-ring (bicyclic) bond motifs is 1. The first-order valence-electron chi connectivity index (χ1n) is 8.03. The number of carboxylic acids is 1. The number of ether oxygens (including phenoxy) is 1. The van der Waals surface area contributed by atoms with Crippen LogP contribution in [0.2, 0.25) is 0 Å². The van der Waals surface area contributed by atoms with Crippen LogP contribution in [0, 0.1) is 5.92 Å². The van der Waals surface area contributed by atoms with Gasteiger partial charge in [-0.3, -0.25) is 14.6 Å². The quantitative estimate of drug-likeness (QED) is 0.794. The first-order valence-corrected chi connectivity index (χ1v) is 8.03. The van der Waals surface area contributed by atoms with Gasteiger partial charge in [-0.05, 0) is 25.5 Å². The minimum absolute atomic E-state index is 0.0594. The van der Waals surface area contributed by atoms with Gasteiger partial charge in [0.2, 0.25) is 0 Å². The van der Waals surface area contributed by atoms with Crippen molar-refractivity contribution in [3.63, 3.8) is 0 Å². The van der Waals surface area contributed by atoms with E-state index in [0.29, 0.717) is 18.7 Å². The van der Waals surface area contributed by atoms with Gasteiger partial charge in [-0.1, -0.05) is 12.1 Å². The lowest BCUT2D eigenvalue weighted by Gasteiger charge is -2.32. The Balaban J connectivity index is 1.99. The highest BCUT2D eigenvalue weighted by molar-refractivity contribution is 6.29. The molecule has 1 aromatic rings. The predicted octanol–water partition coefficient (Wildman–Crippen LogP) is 1.22. The summed E-state index contributed by atoms with van der Waals surface area (Å²) in [6, 6.07) is 6.58. The summed E-state index contributed by atoms with van der Waals surface area (Å²) in [6.45, 7) is 2.31. The minimum Gasteiger partial charge on any atom is -0.480 e. The Bertz CT molecular complexity index is 775. The number of rotatable bonds is 3. The maximum atomic E-state index is 12.7. The lowest BCUT2D eigenvalue weighted by Crippen LogP contribution is -2.56. The highest BCUT2D eigenvalue weighted by atomic mass is 16.6. The van der Waals surface area contributed by atoms with Crippen LogP contribution >= 0.6 is 0 Å². The summed E-state index contributed by atoms with van der Waals surface area (Å²) in [4.78, 5) is 42.1. The average Bonchev–Trinajstić information content (AvgIpc) is 2.98. The molecule has 0 radical (unpaired) electrons. The number of ketones is 1. The number of aliphatic imine (C=N–C) groups is 1. The normalized spacial score (nSPS) is 25.4. The first kappa shape index (κ1) is 17.1. The van der Waals surface area contributed by atoms with Crippen LogP contribution in [0.25, 0.3) is 0 Å². The number of amides is 1. The molecule has 3 rings (SSSR count). The van der Waals surface area contributed by atoms with Crippen molar-refractivity contribution in [1.29, 1.82) is 0 Å². The van der Waals surface area contributed by atoms with Crippen LogP contribution in [-0.4, -0.2) is 58.8 Å². The predicted molar refractivity (Wildman–Crippen MR) is 89.1 cm³/mol. The van der Waals surface area contributed by atoms with Crippen LogP contribution in [0.4, 0.5) is 10.5 Å². The smallest absolute Gasteiger partial charge is 0.409 e. The van der Waals surface area contributed by atoms with Gasteiger partial charge in [0.25, 0.3) is 0 Å². The molecule has 8 nitrogen and oxygen atoms in total. The molecule has 1 fully saturated rings. The van der Waals surface area contributed by atoms with Crippen LogP contribution < -0.4 is 5.73 Å². The number of aliphatic carboxylic acids is 1. The summed E-state index contributed by atoms with van der Waals surface area (Å²) in [5.74, 6) is -3.27. The second-order valence-electron chi connectivity index (χ2n) is 6.18.